The van der Waals surface area contributed by atoms with Crippen molar-refractivity contribution in [1.82, 2.24) is 0 Å². The van der Waals surface area contributed by atoms with Crippen molar-refractivity contribution in [1.29, 1.82) is 0 Å². The molecule has 1 aliphatic heterocycles. The highest BCUT2D eigenvalue weighted by Gasteiger charge is 2.64. The number of fused-ring (bicyclic) bond motifs is 2. The molecule has 0 amide bonds. The summed E-state index contributed by atoms with van der Waals surface area (Å²) in [5, 5.41) is 0. The van der Waals surface area contributed by atoms with Gasteiger partial charge in [0.2, 0.25) is 0 Å². The molecule has 4 heteroatoms. The van der Waals surface area contributed by atoms with Gasteiger partial charge in [-0.05, 0) is 65.9 Å². The maximum Gasteiger partial charge on any atom is 0.514 e. The first-order valence-corrected chi connectivity index (χ1v) is 11.1. The van der Waals surface area contributed by atoms with Crippen LogP contribution in [0.5, 0.6) is 5.75 Å². The Bertz CT molecular complexity index is 955. The molecule has 0 aromatic heterocycles. The molecule has 0 N–H and O–H groups in total. The molecular formula is C26H30O4. The SMILES string of the molecule is CC(C)C1=C2C3=CC=C(COC(=O)Oc4ccccc4)C[C@@H]4O[C@@]34CC[C@@]2(C)CC1. The van der Waals surface area contributed by atoms with Crippen molar-refractivity contribution in [2.24, 2.45) is 11.3 Å². The molecule has 1 saturated heterocycles. The number of hydrogen-bond donors (Lipinski definition) is 0. The summed E-state index contributed by atoms with van der Waals surface area (Å²) < 4.78 is 17.0. The van der Waals surface area contributed by atoms with Crippen LogP contribution in [-0.4, -0.2) is 24.5 Å². The zero-order chi connectivity index (χ0) is 20.9. The highest BCUT2D eigenvalue weighted by molar-refractivity contribution is 5.64. The Hall–Kier alpha value is -2.33. The molecule has 4 aliphatic rings. The fourth-order valence-electron chi connectivity index (χ4n) is 5.67. The van der Waals surface area contributed by atoms with Gasteiger partial charge in [-0.2, -0.15) is 0 Å². The topological polar surface area (TPSA) is 48.1 Å². The van der Waals surface area contributed by atoms with Gasteiger partial charge in [-0.3, -0.25) is 0 Å². The van der Waals surface area contributed by atoms with Gasteiger partial charge >= 0.3 is 6.16 Å². The van der Waals surface area contributed by atoms with E-state index in [0.29, 0.717) is 11.7 Å². The second kappa shape index (κ2) is 7.12. The van der Waals surface area contributed by atoms with E-state index in [1.54, 1.807) is 23.3 Å². The molecule has 3 atom stereocenters. The lowest BCUT2D eigenvalue weighted by Gasteiger charge is -2.39. The van der Waals surface area contributed by atoms with Crippen molar-refractivity contribution < 1.29 is 19.0 Å². The van der Waals surface area contributed by atoms with Gasteiger partial charge in [-0.1, -0.05) is 56.7 Å². The minimum atomic E-state index is -0.670. The van der Waals surface area contributed by atoms with E-state index in [2.05, 4.69) is 32.9 Å². The number of carbonyl (C=O) groups excluding carboxylic acids is 1. The summed E-state index contributed by atoms with van der Waals surface area (Å²) in [6.07, 6.45) is 9.47. The van der Waals surface area contributed by atoms with Crippen LogP contribution in [0.2, 0.25) is 0 Å². The predicted molar refractivity (Wildman–Crippen MR) is 115 cm³/mol. The van der Waals surface area contributed by atoms with Crippen LogP contribution >= 0.6 is 0 Å². The van der Waals surface area contributed by atoms with Crippen molar-refractivity contribution in [3.63, 3.8) is 0 Å². The van der Waals surface area contributed by atoms with Gasteiger partial charge in [0, 0.05) is 6.42 Å². The summed E-state index contributed by atoms with van der Waals surface area (Å²) in [6.45, 7) is 7.29. The average molecular weight is 407 g/mol. The normalized spacial score (nSPS) is 31.8. The zero-order valence-electron chi connectivity index (χ0n) is 18.1. The second-order valence-electron chi connectivity index (χ2n) is 9.67. The Balaban J connectivity index is 1.34. The Labute approximate surface area is 178 Å². The Morgan fingerprint density at radius 2 is 1.97 bits per heavy atom. The van der Waals surface area contributed by atoms with Crippen LogP contribution in [0.25, 0.3) is 0 Å². The van der Waals surface area contributed by atoms with Crippen LogP contribution in [0.3, 0.4) is 0 Å². The van der Waals surface area contributed by atoms with Crippen LogP contribution < -0.4 is 4.74 Å². The number of hydrogen-bond acceptors (Lipinski definition) is 4. The van der Waals surface area contributed by atoms with Crippen LogP contribution in [0.15, 0.2) is 64.8 Å². The van der Waals surface area contributed by atoms with Gasteiger partial charge in [-0.15, -0.1) is 0 Å². The minimum absolute atomic E-state index is 0.123. The lowest BCUT2D eigenvalue weighted by Crippen LogP contribution is -2.34. The molecule has 5 rings (SSSR count). The Kier molecular flexibility index (Phi) is 4.66. The summed E-state index contributed by atoms with van der Waals surface area (Å²) in [7, 11) is 0. The van der Waals surface area contributed by atoms with Gasteiger partial charge in [0.05, 0.1) is 6.10 Å². The summed E-state index contributed by atoms with van der Waals surface area (Å²) in [4.78, 5) is 12.1. The third-order valence-corrected chi connectivity index (χ3v) is 7.41. The van der Waals surface area contributed by atoms with Crippen molar-refractivity contribution >= 4 is 6.16 Å². The molecule has 3 aliphatic carbocycles. The van der Waals surface area contributed by atoms with Gasteiger partial charge in [0.15, 0.2) is 0 Å². The zero-order valence-corrected chi connectivity index (χ0v) is 18.1. The fourth-order valence-corrected chi connectivity index (χ4v) is 5.67. The molecule has 2 fully saturated rings. The molecule has 1 aromatic carbocycles. The monoisotopic (exact) mass is 406 g/mol. The number of ether oxygens (including phenoxy) is 3. The standard InChI is InChI=1S/C26H30O4/c1-17(2)20-11-12-25(3)13-14-26-21(23(20)25)10-9-18(15-22(26)30-26)16-28-24(27)29-19-7-5-4-6-8-19/h4-10,17,22H,11-16H2,1-3H3/t22-,25+,26-/m0/s1. The van der Waals surface area contributed by atoms with Gasteiger partial charge in [0.25, 0.3) is 0 Å². The van der Waals surface area contributed by atoms with Crippen LogP contribution in [0.1, 0.15) is 52.9 Å². The third kappa shape index (κ3) is 3.22. The first-order chi connectivity index (χ1) is 14.4. The summed E-state index contributed by atoms with van der Waals surface area (Å²) in [5.41, 5.74) is 5.80. The van der Waals surface area contributed by atoms with Gasteiger partial charge in [0.1, 0.15) is 18.0 Å². The van der Waals surface area contributed by atoms with Crippen LogP contribution in [0, 0.1) is 11.3 Å². The maximum absolute atomic E-state index is 12.1. The predicted octanol–water partition coefficient (Wildman–Crippen LogP) is 6.14. The highest BCUT2D eigenvalue weighted by atomic mass is 16.7. The molecule has 4 nitrogen and oxygen atoms in total. The van der Waals surface area contributed by atoms with E-state index < -0.39 is 6.16 Å². The first kappa shape index (κ1) is 19.6. The molecule has 0 bridgehead atoms. The van der Waals surface area contributed by atoms with E-state index in [1.165, 1.54) is 24.8 Å². The Morgan fingerprint density at radius 3 is 2.73 bits per heavy atom. The minimum Gasteiger partial charge on any atom is -0.429 e. The molecule has 158 valence electrons. The number of benzene rings is 1. The molecule has 0 radical (unpaired) electrons. The van der Waals surface area contributed by atoms with Gasteiger partial charge in [-0.25, -0.2) is 4.79 Å². The van der Waals surface area contributed by atoms with E-state index >= 15 is 0 Å². The van der Waals surface area contributed by atoms with E-state index in [-0.39, 0.29) is 23.7 Å². The van der Waals surface area contributed by atoms with E-state index in [9.17, 15) is 4.79 Å². The molecule has 1 saturated carbocycles. The second-order valence-corrected chi connectivity index (χ2v) is 9.67. The lowest BCUT2D eigenvalue weighted by molar-refractivity contribution is 0.106. The maximum atomic E-state index is 12.1. The first-order valence-electron chi connectivity index (χ1n) is 11.1. The molecule has 0 unspecified atom stereocenters. The molecular weight excluding hydrogens is 376 g/mol. The largest absolute Gasteiger partial charge is 0.514 e. The lowest BCUT2D eigenvalue weighted by atomic mass is 9.64. The van der Waals surface area contributed by atoms with Crippen LogP contribution in [0.4, 0.5) is 4.79 Å². The Morgan fingerprint density at radius 1 is 1.17 bits per heavy atom. The summed E-state index contributed by atoms with van der Waals surface area (Å²) >= 11 is 0. The van der Waals surface area contributed by atoms with Crippen molar-refractivity contribution in [3.8, 4) is 5.75 Å². The molecule has 30 heavy (non-hydrogen) atoms. The number of carbonyl (C=O) groups is 1. The highest BCUT2D eigenvalue weighted by Crippen LogP contribution is 2.65. The number of allylic oxidation sites excluding steroid dienone is 3. The third-order valence-electron chi connectivity index (χ3n) is 7.41. The van der Waals surface area contributed by atoms with Crippen molar-refractivity contribution in [2.75, 3.05) is 6.61 Å². The van der Waals surface area contributed by atoms with Crippen molar-refractivity contribution in [3.05, 3.63) is 64.8 Å². The number of para-hydroxylation sites is 1. The van der Waals surface area contributed by atoms with Crippen molar-refractivity contribution in [2.45, 2.75) is 64.6 Å². The summed E-state index contributed by atoms with van der Waals surface area (Å²) in [6, 6.07) is 9.00. The average Bonchev–Trinajstić information content (AvgIpc) is 3.32. The van der Waals surface area contributed by atoms with E-state index in [0.717, 1.165) is 18.4 Å². The van der Waals surface area contributed by atoms with E-state index in [4.69, 9.17) is 14.2 Å². The van der Waals surface area contributed by atoms with Crippen LogP contribution in [-0.2, 0) is 9.47 Å². The van der Waals surface area contributed by atoms with E-state index in [1.807, 2.05) is 18.2 Å². The number of epoxide rings is 1. The fraction of sp³-hybridized carbons (Fsp3) is 0.500. The smallest absolute Gasteiger partial charge is 0.429 e. The molecule has 1 heterocycles. The summed E-state index contributed by atoms with van der Waals surface area (Å²) in [5.74, 6) is 1.06. The van der Waals surface area contributed by atoms with Gasteiger partial charge < -0.3 is 14.2 Å². The number of rotatable bonds is 4. The molecule has 1 spiro atoms. The molecule has 1 aromatic rings. The quantitative estimate of drug-likeness (QED) is 0.342.